The van der Waals surface area contributed by atoms with Gasteiger partial charge in [-0.15, -0.1) is 0 Å². The fourth-order valence-electron chi connectivity index (χ4n) is 2.23. The number of carbonyl (C=O) groups is 2. The van der Waals surface area contributed by atoms with Crippen LogP contribution in [0, 0.1) is 0 Å². The van der Waals surface area contributed by atoms with Gasteiger partial charge in [0.15, 0.2) is 5.78 Å². The number of hydrogen-bond acceptors (Lipinski definition) is 5. The van der Waals surface area contributed by atoms with Crippen molar-refractivity contribution in [1.82, 2.24) is 0 Å². The highest BCUT2D eigenvalue weighted by Crippen LogP contribution is 2.23. The van der Waals surface area contributed by atoms with Crippen molar-refractivity contribution in [3.8, 4) is 5.75 Å². The van der Waals surface area contributed by atoms with E-state index in [-0.39, 0.29) is 22.7 Å². The van der Waals surface area contributed by atoms with Crippen LogP contribution in [0.15, 0.2) is 42.5 Å². The van der Waals surface area contributed by atoms with Crippen LogP contribution in [-0.4, -0.2) is 22.7 Å². The summed E-state index contributed by atoms with van der Waals surface area (Å²) in [5.41, 5.74) is 6.63. The van der Waals surface area contributed by atoms with Crippen LogP contribution in [0.3, 0.4) is 0 Å². The van der Waals surface area contributed by atoms with Crippen LogP contribution in [0.25, 0.3) is 0 Å². The van der Waals surface area contributed by atoms with Crippen LogP contribution in [0.5, 0.6) is 5.75 Å². The molecular weight excluding hydrogens is 280 g/mol. The average Bonchev–Trinajstić information content (AvgIpc) is 2.45. The maximum atomic E-state index is 12.7. The molecule has 0 aliphatic heterocycles. The third-order valence-electron chi connectivity index (χ3n) is 3.25. The van der Waals surface area contributed by atoms with Crippen molar-refractivity contribution in [1.29, 1.82) is 0 Å². The van der Waals surface area contributed by atoms with Gasteiger partial charge in [-0.2, -0.15) is 0 Å². The summed E-state index contributed by atoms with van der Waals surface area (Å²) >= 11 is 0. The lowest BCUT2D eigenvalue weighted by Gasteiger charge is -2.26. The van der Waals surface area contributed by atoms with Crippen LogP contribution in [0.1, 0.15) is 34.6 Å². The number of hydrogen-bond donors (Lipinski definition) is 3. The molecule has 0 radical (unpaired) electrons. The summed E-state index contributed by atoms with van der Waals surface area (Å²) in [6.45, 7) is 3.45. The standard InChI is InChI=1S/C17H18N2O3/c1-17(2,19-14-5-3-4-13(18)9-14)16(22)12-6-11(10-20)7-15(21)8-12/h3-10,19,21H,18H2,1-2H3. The predicted molar refractivity (Wildman–Crippen MR) is 86.4 cm³/mol. The highest BCUT2D eigenvalue weighted by Gasteiger charge is 2.29. The molecule has 0 bridgehead atoms. The van der Waals surface area contributed by atoms with Crippen molar-refractivity contribution in [3.63, 3.8) is 0 Å². The fraction of sp³-hybridized carbons (Fsp3) is 0.176. The molecule has 2 aromatic rings. The maximum absolute atomic E-state index is 12.7. The molecule has 0 fully saturated rings. The zero-order valence-corrected chi connectivity index (χ0v) is 12.5. The van der Waals surface area contributed by atoms with E-state index in [1.54, 1.807) is 32.0 Å². The van der Waals surface area contributed by atoms with Gasteiger partial charge in [0.1, 0.15) is 12.0 Å². The Kier molecular flexibility index (Phi) is 4.17. The van der Waals surface area contributed by atoms with E-state index in [9.17, 15) is 14.7 Å². The number of ketones is 1. The first-order chi connectivity index (χ1) is 10.3. The summed E-state index contributed by atoms with van der Waals surface area (Å²) in [7, 11) is 0. The number of Topliss-reactive ketones (excluding diaryl/α,β-unsaturated/α-hetero) is 1. The minimum atomic E-state index is -0.929. The molecule has 0 saturated carbocycles. The molecule has 0 saturated heterocycles. The normalized spacial score (nSPS) is 11.0. The number of aromatic hydroxyl groups is 1. The van der Waals surface area contributed by atoms with Gasteiger partial charge in [-0.25, -0.2) is 0 Å². The minimum absolute atomic E-state index is 0.118. The number of nitrogen functional groups attached to an aromatic ring is 1. The molecule has 22 heavy (non-hydrogen) atoms. The summed E-state index contributed by atoms with van der Waals surface area (Å²) in [5, 5.41) is 12.7. The molecule has 2 aromatic carbocycles. The van der Waals surface area contributed by atoms with Gasteiger partial charge in [0.2, 0.25) is 0 Å². The van der Waals surface area contributed by atoms with E-state index >= 15 is 0 Å². The number of anilines is 2. The molecule has 4 N–H and O–H groups in total. The van der Waals surface area contributed by atoms with E-state index in [4.69, 9.17) is 5.73 Å². The van der Waals surface area contributed by atoms with Gasteiger partial charge in [-0.3, -0.25) is 9.59 Å². The first kappa shape index (κ1) is 15.6. The first-order valence-corrected chi connectivity index (χ1v) is 6.79. The van der Waals surface area contributed by atoms with Crippen molar-refractivity contribution in [2.45, 2.75) is 19.4 Å². The highest BCUT2D eigenvalue weighted by atomic mass is 16.3. The van der Waals surface area contributed by atoms with Crippen LogP contribution in [0.4, 0.5) is 11.4 Å². The third-order valence-corrected chi connectivity index (χ3v) is 3.25. The average molecular weight is 298 g/mol. The Morgan fingerprint density at radius 2 is 1.95 bits per heavy atom. The van der Waals surface area contributed by atoms with Crippen LogP contribution >= 0.6 is 0 Å². The van der Waals surface area contributed by atoms with E-state index in [1.165, 1.54) is 18.2 Å². The Hall–Kier alpha value is -2.82. The molecule has 0 spiro atoms. The second kappa shape index (κ2) is 5.89. The summed E-state index contributed by atoms with van der Waals surface area (Å²) in [6.07, 6.45) is 0.592. The van der Waals surface area contributed by atoms with Gasteiger partial charge in [-0.1, -0.05) is 6.07 Å². The quantitative estimate of drug-likeness (QED) is 0.448. The highest BCUT2D eigenvalue weighted by molar-refractivity contribution is 6.05. The molecule has 0 atom stereocenters. The topological polar surface area (TPSA) is 92.4 Å². The molecule has 0 aromatic heterocycles. The lowest BCUT2D eigenvalue weighted by atomic mass is 9.91. The maximum Gasteiger partial charge on any atom is 0.187 e. The molecule has 0 heterocycles. The first-order valence-electron chi connectivity index (χ1n) is 6.79. The van der Waals surface area contributed by atoms with E-state index in [0.717, 1.165) is 0 Å². The van der Waals surface area contributed by atoms with Crippen molar-refractivity contribution in [2.24, 2.45) is 0 Å². The molecule has 114 valence electrons. The number of carbonyl (C=O) groups excluding carboxylic acids is 2. The van der Waals surface area contributed by atoms with Crippen molar-refractivity contribution < 1.29 is 14.7 Å². The number of aldehydes is 1. The lowest BCUT2D eigenvalue weighted by Crippen LogP contribution is -2.40. The van der Waals surface area contributed by atoms with E-state index in [0.29, 0.717) is 17.7 Å². The van der Waals surface area contributed by atoms with Gasteiger partial charge >= 0.3 is 0 Å². The van der Waals surface area contributed by atoms with E-state index < -0.39 is 5.54 Å². The van der Waals surface area contributed by atoms with Crippen molar-refractivity contribution in [3.05, 3.63) is 53.6 Å². The van der Waals surface area contributed by atoms with E-state index in [2.05, 4.69) is 5.32 Å². The monoisotopic (exact) mass is 298 g/mol. The molecule has 5 heteroatoms. The van der Waals surface area contributed by atoms with Crippen LogP contribution < -0.4 is 11.1 Å². The number of nitrogens with two attached hydrogens (primary N) is 1. The Bertz CT molecular complexity index is 724. The number of nitrogens with one attached hydrogen (secondary N) is 1. The zero-order valence-electron chi connectivity index (χ0n) is 12.5. The fourth-order valence-corrected chi connectivity index (χ4v) is 2.23. The van der Waals surface area contributed by atoms with Gasteiger partial charge in [-0.05, 0) is 50.2 Å². The Morgan fingerprint density at radius 3 is 2.59 bits per heavy atom. The summed E-state index contributed by atoms with van der Waals surface area (Å²) in [6, 6.07) is 11.2. The zero-order chi connectivity index (χ0) is 16.3. The molecule has 5 nitrogen and oxygen atoms in total. The smallest absolute Gasteiger partial charge is 0.187 e. The van der Waals surface area contributed by atoms with Crippen LogP contribution in [-0.2, 0) is 0 Å². The molecule has 2 rings (SSSR count). The molecule has 0 amide bonds. The number of phenolic OH excluding ortho intramolecular Hbond substituents is 1. The van der Waals surface area contributed by atoms with Gasteiger partial charge < -0.3 is 16.2 Å². The Labute approximate surface area is 128 Å². The number of benzene rings is 2. The lowest BCUT2D eigenvalue weighted by molar-refractivity contribution is 0.0926. The largest absolute Gasteiger partial charge is 0.508 e. The summed E-state index contributed by atoms with van der Waals surface area (Å²) in [4.78, 5) is 23.5. The van der Waals surface area contributed by atoms with Gasteiger partial charge in [0, 0.05) is 22.5 Å². The minimum Gasteiger partial charge on any atom is -0.508 e. The molecule has 0 aliphatic rings. The Balaban J connectivity index is 2.30. The second-order valence-electron chi connectivity index (χ2n) is 5.64. The van der Waals surface area contributed by atoms with Gasteiger partial charge in [0.05, 0.1) is 5.54 Å². The molecular formula is C17H18N2O3. The number of phenols is 1. The SMILES string of the molecule is CC(C)(Nc1cccc(N)c1)C(=O)c1cc(O)cc(C=O)c1. The third kappa shape index (κ3) is 3.44. The van der Waals surface area contributed by atoms with Crippen molar-refractivity contribution >= 4 is 23.4 Å². The number of rotatable bonds is 5. The second-order valence-corrected chi connectivity index (χ2v) is 5.64. The molecule has 0 aliphatic carbocycles. The summed E-state index contributed by atoms with van der Waals surface area (Å²) < 4.78 is 0. The molecule has 0 unspecified atom stereocenters. The van der Waals surface area contributed by atoms with Crippen LogP contribution in [0.2, 0.25) is 0 Å². The van der Waals surface area contributed by atoms with Gasteiger partial charge in [0.25, 0.3) is 0 Å². The Morgan fingerprint density at radius 1 is 1.23 bits per heavy atom. The van der Waals surface area contributed by atoms with E-state index in [1.807, 2.05) is 6.07 Å². The summed E-state index contributed by atoms with van der Waals surface area (Å²) in [5.74, 6) is -0.360. The predicted octanol–water partition coefficient (Wildman–Crippen LogP) is 2.86. The van der Waals surface area contributed by atoms with Crippen molar-refractivity contribution in [2.75, 3.05) is 11.1 Å².